The van der Waals surface area contributed by atoms with Gasteiger partial charge in [-0.05, 0) is 32.0 Å². The van der Waals surface area contributed by atoms with Crippen LogP contribution in [0.15, 0.2) is 11.2 Å². The van der Waals surface area contributed by atoms with E-state index in [1.807, 2.05) is 6.07 Å². The van der Waals surface area contributed by atoms with Gasteiger partial charge in [0.2, 0.25) is 18.3 Å². The Kier molecular flexibility index (Phi) is 4.57. The van der Waals surface area contributed by atoms with Crippen molar-refractivity contribution >= 4 is 5.71 Å². The molecule has 1 aromatic rings. The van der Waals surface area contributed by atoms with Gasteiger partial charge in [0, 0.05) is 24.9 Å². The van der Waals surface area contributed by atoms with E-state index >= 15 is 0 Å². The molecule has 0 aromatic heterocycles. The van der Waals surface area contributed by atoms with Crippen LogP contribution < -0.4 is 18.9 Å². The highest BCUT2D eigenvalue weighted by atomic mass is 16.7. The summed E-state index contributed by atoms with van der Waals surface area (Å²) in [7, 11) is 3.26. The first kappa shape index (κ1) is 16.3. The number of benzene rings is 1. The molecule has 1 atom stereocenters. The normalized spacial score (nSPS) is 22.0. The average molecular weight is 348 g/mol. The maximum Gasteiger partial charge on any atom is 0.231 e. The lowest BCUT2D eigenvalue weighted by Gasteiger charge is -2.16. The van der Waals surface area contributed by atoms with Crippen molar-refractivity contribution in [1.29, 1.82) is 0 Å². The van der Waals surface area contributed by atoms with E-state index in [2.05, 4.69) is 10.1 Å². The van der Waals surface area contributed by atoms with Crippen molar-refractivity contribution in [2.75, 3.05) is 40.6 Å². The molecule has 0 N–H and O–H groups in total. The van der Waals surface area contributed by atoms with Crippen molar-refractivity contribution in [3.05, 3.63) is 11.6 Å². The molecule has 7 heteroatoms. The lowest BCUT2D eigenvalue weighted by Crippen LogP contribution is -2.27. The van der Waals surface area contributed by atoms with Gasteiger partial charge in [-0.1, -0.05) is 5.16 Å². The first-order valence-corrected chi connectivity index (χ1v) is 8.76. The summed E-state index contributed by atoms with van der Waals surface area (Å²) in [5.41, 5.74) is 2.10. The fraction of sp³-hybridized carbons (Fsp3) is 0.611. The van der Waals surface area contributed by atoms with E-state index in [1.54, 1.807) is 14.2 Å². The van der Waals surface area contributed by atoms with Crippen LogP contribution in [-0.4, -0.2) is 57.4 Å². The molecule has 0 radical (unpaired) electrons. The SMILES string of the molecule is COc1cc(C[C@@H]2CC(CN3CCCC3)=NO2)c(OC)c2c1OCO2. The van der Waals surface area contributed by atoms with Crippen LogP contribution in [0.25, 0.3) is 0 Å². The van der Waals surface area contributed by atoms with Crippen molar-refractivity contribution < 1.29 is 23.8 Å². The molecule has 1 fully saturated rings. The second-order valence-electron chi connectivity index (χ2n) is 6.61. The third kappa shape index (κ3) is 3.20. The number of nitrogens with zero attached hydrogens (tertiary/aromatic N) is 2. The van der Waals surface area contributed by atoms with Crippen LogP contribution in [-0.2, 0) is 11.3 Å². The van der Waals surface area contributed by atoms with Crippen molar-refractivity contribution in [1.82, 2.24) is 4.90 Å². The highest BCUT2D eigenvalue weighted by Crippen LogP contribution is 2.49. The largest absolute Gasteiger partial charge is 0.493 e. The van der Waals surface area contributed by atoms with Crippen LogP contribution in [0.3, 0.4) is 0 Å². The van der Waals surface area contributed by atoms with Crippen LogP contribution in [0.1, 0.15) is 24.8 Å². The van der Waals surface area contributed by atoms with E-state index in [4.69, 9.17) is 23.8 Å². The van der Waals surface area contributed by atoms with E-state index in [1.165, 1.54) is 12.8 Å². The molecule has 3 aliphatic heterocycles. The highest BCUT2D eigenvalue weighted by molar-refractivity contribution is 5.87. The number of likely N-dealkylation sites (tertiary alicyclic amines) is 1. The molecule has 3 heterocycles. The van der Waals surface area contributed by atoms with Gasteiger partial charge in [-0.15, -0.1) is 0 Å². The standard InChI is InChI=1S/C18H24N2O5/c1-21-15-8-12(16(22-2)18-17(15)23-11-24-18)7-14-9-13(19-25-14)10-20-5-3-4-6-20/h8,14H,3-7,9-11H2,1-2H3/t14-/m1/s1. The Hall–Kier alpha value is -2.15. The molecule has 0 aliphatic carbocycles. The second-order valence-corrected chi connectivity index (χ2v) is 6.61. The minimum Gasteiger partial charge on any atom is -0.493 e. The number of hydrogen-bond acceptors (Lipinski definition) is 7. The number of oxime groups is 1. The van der Waals surface area contributed by atoms with Gasteiger partial charge < -0.3 is 23.8 Å². The molecule has 0 amide bonds. The van der Waals surface area contributed by atoms with Gasteiger partial charge in [-0.2, -0.15) is 0 Å². The Bertz CT molecular complexity index is 670. The highest BCUT2D eigenvalue weighted by Gasteiger charge is 2.30. The predicted molar refractivity (Wildman–Crippen MR) is 92.0 cm³/mol. The summed E-state index contributed by atoms with van der Waals surface area (Å²) in [4.78, 5) is 8.10. The summed E-state index contributed by atoms with van der Waals surface area (Å²) in [6.45, 7) is 3.42. The van der Waals surface area contributed by atoms with Crippen molar-refractivity contribution in [2.24, 2.45) is 5.16 Å². The second kappa shape index (κ2) is 7.00. The van der Waals surface area contributed by atoms with Crippen molar-refractivity contribution in [3.63, 3.8) is 0 Å². The molecular weight excluding hydrogens is 324 g/mol. The summed E-state index contributed by atoms with van der Waals surface area (Å²) in [5.74, 6) is 2.54. The average Bonchev–Trinajstić information content (AvgIpc) is 3.36. The van der Waals surface area contributed by atoms with Crippen LogP contribution in [0.2, 0.25) is 0 Å². The van der Waals surface area contributed by atoms with Gasteiger partial charge >= 0.3 is 0 Å². The van der Waals surface area contributed by atoms with E-state index in [0.717, 1.165) is 37.3 Å². The Morgan fingerprint density at radius 3 is 2.72 bits per heavy atom. The monoisotopic (exact) mass is 348 g/mol. The molecule has 25 heavy (non-hydrogen) atoms. The van der Waals surface area contributed by atoms with E-state index in [0.29, 0.717) is 29.4 Å². The summed E-state index contributed by atoms with van der Waals surface area (Å²) in [6, 6.07) is 1.94. The molecule has 1 aromatic carbocycles. The summed E-state index contributed by atoms with van der Waals surface area (Å²) in [5, 5.41) is 4.29. The van der Waals surface area contributed by atoms with Gasteiger partial charge in [0.05, 0.1) is 19.9 Å². The van der Waals surface area contributed by atoms with Gasteiger partial charge in [-0.25, -0.2) is 0 Å². The Morgan fingerprint density at radius 2 is 1.96 bits per heavy atom. The lowest BCUT2D eigenvalue weighted by molar-refractivity contribution is 0.0852. The van der Waals surface area contributed by atoms with Crippen LogP contribution in [0, 0.1) is 0 Å². The summed E-state index contributed by atoms with van der Waals surface area (Å²) in [6.07, 6.45) is 4.11. The number of fused-ring (bicyclic) bond motifs is 1. The third-order valence-electron chi connectivity index (χ3n) is 4.91. The maximum absolute atomic E-state index is 5.67. The van der Waals surface area contributed by atoms with Gasteiger partial charge in [0.15, 0.2) is 11.5 Å². The molecule has 0 unspecified atom stereocenters. The van der Waals surface area contributed by atoms with E-state index in [-0.39, 0.29) is 12.9 Å². The molecule has 0 bridgehead atoms. The number of ether oxygens (including phenoxy) is 4. The third-order valence-corrected chi connectivity index (χ3v) is 4.91. The quantitative estimate of drug-likeness (QED) is 0.786. The Labute approximate surface area is 147 Å². The van der Waals surface area contributed by atoms with Gasteiger partial charge in [0.25, 0.3) is 0 Å². The fourth-order valence-corrected chi connectivity index (χ4v) is 3.73. The molecule has 0 saturated carbocycles. The first-order chi connectivity index (χ1) is 12.3. The molecule has 3 aliphatic rings. The van der Waals surface area contributed by atoms with E-state index in [9.17, 15) is 0 Å². The number of methoxy groups -OCH3 is 2. The van der Waals surface area contributed by atoms with Crippen molar-refractivity contribution in [2.45, 2.75) is 31.8 Å². The molecular formula is C18H24N2O5. The fourth-order valence-electron chi connectivity index (χ4n) is 3.73. The first-order valence-electron chi connectivity index (χ1n) is 8.76. The number of hydrogen-bond donors (Lipinski definition) is 0. The zero-order chi connectivity index (χ0) is 17.2. The predicted octanol–water partition coefficient (Wildman–Crippen LogP) is 2.22. The Balaban J connectivity index is 1.46. The summed E-state index contributed by atoms with van der Waals surface area (Å²) >= 11 is 0. The van der Waals surface area contributed by atoms with Crippen molar-refractivity contribution in [3.8, 4) is 23.0 Å². The molecule has 136 valence electrons. The van der Waals surface area contributed by atoms with E-state index < -0.39 is 0 Å². The molecule has 0 spiro atoms. The smallest absolute Gasteiger partial charge is 0.231 e. The minimum atomic E-state index is 0.0107. The molecule has 7 nitrogen and oxygen atoms in total. The summed E-state index contributed by atoms with van der Waals surface area (Å²) < 4.78 is 22.1. The Morgan fingerprint density at radius 1 is 1.16 bits per heavy atom. The zero-order valence-electron chi connectivity index (χ0n) is 14.7. The lowest BCUT2D eigenvalue weighted by atomic mass is 10.0. The number of rotatable bonds is 6. The molecule has 4 rings (SSSR count). The van der Waals surface area contributed by atoms with Crippen LogP contribution in [0.5, 0.6) is 23.0 Å². The minimum absolute atomic E-state index is 0.0107. The topological polar surface area (TPSA) is 61.8 Å². The maximum atomic E-state index is 5.67. The van der Waals surface area contributed by atoms with Crippen LogP contribution in [0.4, 0.5) is 0 Å². The zero-order valence-corrected chi connectivity index (χ0v) is 14.7. The van der Waals surface area contributed by atoms with Crippen LogP contribution >= 0.6 is 0 Å². The molecule has 1 saturated heterocycles. The van der Waals surface area contributed by atoms with Gasteiger partial charge in [-0.3, -0.25) is 4.90 Å². The van der Waals surface area contributed by atoms with Gasteiger partial charge in [0.1, 0.15) is 6.10 Å².